The number of carbonyl (C=O) groups is 1. The third kappa shape index (κ3) is 4.82. The van der Waals surface area contributed by atoms with Crippen LogP contribution in [-0.2, 0) is 14.8 Å². The Kier molecular flexibility index (Phi) is 6.72. The first-order valence-electron chi connectivity index (χ1n) is 12.9. The molecule has 0 radical (unpaired) electrons. The van der Waals surface area contributed by atoms with Crippen molar-refractivity contribution in [2.75, 3.05) is 13.1 Å². The number of nitrogens with one attached hydrogen (secondary N) is 1. The maximum atomic E-state index is 13.4. The van der Waals surface area contributed by atoms with Gasteiger partial charge in [0.1, 0.15) is 11.9 Å². The lowest BCUT2D eigenvalue weighted by molar-refractivity contribution is -0.133. The molecule has 1 atom stereocenters. The molecule has 16 heteroatoms. The van der Waals surface area contributed by atoms with Crippen LogP contribution in [0.1, 0.15) is 55.7 Å². The number of alkyl halides is 2. The maximum Gasteiger partial charge on any atom is 0.291 e. The number of sulfonamides is 1. The van der Waals surface area contributed by atoms with E-state index in [-0.39, 0.29) is 21.9 Å². The number of likely N-dealkylation sites (tertiary alicyclic amines) is 1. The summed E-state index contributed by atoms with van der Waals surface area (Å²) in [5, 5.41) is 17.9. The highest BCUT2D eigenvalue weighted by Crippen LogP contribution is 2.40. The van der Waals surface area contributed by atoms with Crippen LogP contribution in [-0.4, -0.2) is 68.6 Å². The average Bonchev–Trinajstić information content (AvgIpc) is 3.39. The van der Waals surface area contributed by atoms with Gasteiger partial charge in [0.05, 0.1) is 28.2 Å². The van der Waals surface area contributed by atoms with Gasteiger partial charge in [0.25, 0.3) is 6.43 Å². The van der Waals surface area contributed by atoms with Crippen LogP contribution in [0, 0.1) is 11.3 Å². The van der Waals surface area contributed by atoms with E-state index in [9.17, 15) is 27.3 Å². The van der Waals surface area contributed by atoms with Crippen LogP contribution in [0.3, 0.4) is 0 Å². The van der Waals surface area contributed by atoms with Crippen molar-refractivity contribution in [1.29, 1.82) is 5.26 Å². The lowest BCUT2D eigenvalue weighted by Crippen LogP contribution is -2.45. The Balaban J connectivity index is 1.49. The molecule has 2 aliphatic rings. The molecule has 1 aromatic carbocycles. The SMILES string of the molecule is C[C@@H](N)C(=O)N1CCC(c2ncnc3c2c2ccc(S(=O)(=O)NC4(C#N)CC4)cc2n3-c2nnc(C(F)F)s2)CC1. The number of hydrogen-bond donors (Lipinski definition) is 2. The molecule has 6 rings (SSSR count). The van der Waals surface area contributed by atoms with Gasteiger partial charge in [-0.15, -0.1) is 10.2 Å². The molecule has 1 amide bonds. The molecular formula is C25H25F2N9O3S2. The summed E-state index contributed by atoms with van der Waals surface area (Å²) in [5.41, 5.74) is 6.11. The van der Waals surface area contributed by atoms with E-state index in [4.69, 9.17) is 5.73 Å². The topological polar surface area (TPSA) is 173 Å². The number of amides is 1. The third-order valence-electron chi connectivity index (χ3n) is 7.54. The zero-order valence-electron chi connectivity index (χ0n) is 21.8. The number of nitriles is 1. The smallest absolute Gasteiger partial charge is 0.291 e. The van der Waals surface area contributed by atoms with Gasteiger partial charge >= 0.3 is 0 Å². The number of carbonyl (C=O) groups excluding carboxylic acids is 1. The van der Waals surface area contributed by atoms with Crippen LogP contribution in [0.2, 0.25) is 0 Å². The van der Waals surface area contributed by atoms with E-state index in [1.165, 1.54) is 23.0 Å². The minimum atomic E-state index is -4.08. The fourth-order valence-electron chi connectivity index (χ4n) is 5.25. The monoisotopic (exact) mass is 601 g/mol. The highest BCUT2D eigenvalue weighted by Gasteiger charge is 2.47. The molecule has 12 nitrogen and oxygen atoms in total. The fraction of sp³-hybridized carbons (Fsp3) is 0.440. The Morgan fingerprint density at radius 1 is 1.24 bits per heavy atom. The number of benzene rings is 1. The predicted molar refractivity (Wildman–Crippen MR) is 145 cm³/mol. The minimum Gasteiger partial charge on any atom is -0.341 e. The van der Waals surface area contributed by atoms with Gasteiger partial charge in [0.15, 0.2) is 10.7 Å². The van der Waals surface area contributed by atoms with Gasteiger partial charge in [-0.05, 0) is 44.7 Å². The normalized spacial score (nSPS) is 18.2. The zero-order valence-corrected chi connectivity index (χ0v) is 23.4. The lowest BCUT2D eigenvalue weighted by atomic mass is 9.91. The molecule has 41 heavy (non-hydrogen) atoms. The van der Waals surface area contributed by atoms with Gasteiger partial charge in [-0.2, -0.15) is 9.98 Å². The molecule has 214 valence electrons. The number of hydrogen-bond acceptors (Lipinski definition) is 10. The van der Waals surface area contributed by atoms with Crippen LogP contribution in [0.5, 0.6) is 0 Å². The molecule has 1 aliphatic carbocycles. The number of nitrogens with two attached hydrogens (primary N) is 1. The predicted octanol–water partition coefficient (Wildman–Crippen LogP) is 2.75. The van der Waals surface area contributed by atoms with Gasteiger partial charge in [-0.1, -0.05) is 17.4 Å². The molecule has 4 heterocycles. The van der Waals surface area contributed by atoms with Crippen LogP contribution < -0.4 is 10.5 Å². The van der Waals surface area contributed by atoms with Crippen molar-refractivity contribution in [3.8, 4) is 11.2 Å². The number of aromatic nitrogens is 5. The third-order valence-corrected chi connectivity index (χ3v) is 9.99. The molecular weight excluding hydrogens is 576 g/mol. The summed E-state index contributed by atoms with van der Waals surface area (Å²) in [7, 11) is -4.08. The van der Waals surface area contributed by atoms with Gasteiger partial charge in [0.2, 0.25) is 21.1 Å². The highest BCUT2D eigenvalue weighted by atomic mass is 32.2. The number of nitrogens with zero attached hydrogens (tertiary/aromatic N) is 7. The summed E-state index contributed by atoms with van der Waals surface area (Å²) in [5.74, 6) is -0.163. The summed E-state index contributed by atoms with van der Waals surface area (Å²) in [6.07, 6.45) is 0.630. The highest BCUT2D eigenvalue weighted by molar-refractivity contribution is 7.89. The lowest BCUT2D eigenvalue weighted by Gasteiger charge is -2.32. The van der Waals surface area contributed by atoms with E-state index in [2.05, 4.69) is 24.9 Å². The molecule has 0 bridgehead atoms. The summed E-state index contributed by atoms with van der Waals surface area (Å²) >= 11 is 0.679. The largest absolute Gasteiger partial charge is 0.341 e. The Bertz CT molecular complexity index is 1820. The van der Waals surface area contributed by atoms with Crippen LogP contribution in [0.15, 0.2) is 29.4 Å². The molecule has 1 saturated carbocycles. The molecule has 3 aromatic heterocycles. The van der Waals surface area contributed by atoms with Crippen molar-refractivity contribution >= 4 is 49.2 Å². The van der Waals surface area contributed by atoms with Crippen LogP contribution in [0.25, 0.3) is 27.1 Å². The molecule has 1 aliphatic heterocycles. The van der Waals surface area contributed by atoms with Crippen molar-refractivity contribution in [2.24, 2.45) is 5.73 Å². The van der Waals surface area contributed by atoms with Crippen molar-refractivity contribution in [3.05, 3.63) is 35.2 Å². The quantitative estimate of drug-likeness (QED) is 0.323. The maximum absolute atomic E-state index is 13.4. The average molecular weight is 602 g/mol. The first kappa shape index (κ1) is 27.5. The van der Waals surface area contributed by atoms with Crippen molar-refractivity contribution < 1.29 is 22.0 Å². The van der Waals surface area contributed by atoms with Crippen molar-refractivity contribution in [1.82, 2.24) is 34.4 Å². The van der Waals surface area contributed by atoms with Crippen molar-refractivity contribution in [2.45, 2.75) is 61.4 Å². The van der Waals surface area contributed by atoms with Crippen molar-refractivity contribution in [3.63, 3.8) is 0 Å². The second kappa shape index (κ2) is 10.0. The van der Waals surface area contributed by atoms with Gasteiger partial charge < -0.3 is 10.6 Å². The van der Waals surface area contributed by atoms with Gasteiger partial charge in [-0.25, -0.2) is 27.2 Å². The zero-order chi connectivity index (χ0) is 29.1. The van der Waals surface area contributed by atoms with E-state index in [1.54, 1.807) is 17.9 Å². The van der Waals surface area contributed by atoms with E-state index in [0.717, 1.165) is 0 Å². The summed E-state index contributed by atoms with van der Waals surface area (Å²) in [6.45, 7) is 2.65. The number of rotatable bonds is 7. The van der Waals surface area contributed by atoms with Crippen LogP contribution >= 0.6 is 11.3 Å². The summed E-state index contributed by atoms with van der Waals surface area (Å²) in [6, 6.07) is 5.91. The van der Waals surface area contributed by atoms with Gasteiger partial charge in [0, 0.05) is 29.8 Å². The fourth-order valence-corrected chi connectivity index (χ4v) is 7.37. The van der Waals surface area contributed by atoms with E-state index < -0.39 is 33.0 Å². The Morgan fingerprint density at radius 3 is 2.59 bits per heavy atom. The van der Waals surface area contributed by atoms with Crippen LogP contribution in [0.4, 0.5) is 8.78 Å². The number of fused-ring (bicyclic) bond motifs is 3. The number of halogens is 2. The molecule has 0 unspecified atom stereocenters. The Hall–Kier alpha value is -3.65. The second-order valence-electron chi connectivity index (χ2n) is 10.4. The number of piperidine rings is 1. The van der Waals surface area contributed by atoms with E-state index in [0.29, 0.717) is 77.7 Å². The van der Waals surface area contributed by atoms with Gasteiger partial charge in [-0.3, -0.25) is 9.36 Å². The summed E-state index contributed by atoms with van der Waals surface area (Å²) < 4.78 is 57.3. The molecule has 4 aromatic rings. The molecule has 0 spiro atoms. The summed E-state index contributed by atoms with van der Waals surface area (Å²) in [4.78, 5) is 23.1. The Labute approximate surface area is 237 Å². The first-order chi connectivity index (χ1) is 19.5. The molecule has 2 fully saturated rings. The molecule has 1 saturated heterocycles. The molecule has 3 N–H and O–H groups in total. The first-order valence-corrected chi connectivity index (χ1v) is 15.2. The second-order valence-corrected chi connectivity index (χ2v) is 13.1. The van der Waals surface area contributed by atoms with E-state index >= 15 is 0 Å². The van der Waals surface area contributed by atoms with E-state index in [1.807, 2.05) is 6.07 Å². The Morgan fingerprint density at radius 2 is 1.98 bits per heavy atom. The standard InChI is InChI=1S/C25H25F2N9O3S2/c1-13(29)23(37)35-8-4-14(5-9-35)19-18-16-3-2-15(41(38,39)34-25(11-28)6-7-25)10-17(16)36(21(18)31-12-30-19)24-33-32-22(40-24)20(26)27/h2-3,10,12-14,20,34H,4-9,29H2,1H3/t13-/m1/s1. The minimum absolute atomic E-state index is 0.0434.